The minimum Gasteiger partial charge on any atom is -0.379 e. The van der Waals surface area contributed by atoms with Gasteiger partial charge in [-0.2, -0.15) is 0 Å². The van der Waals surface area contributed by atoms with Crippen molar-refractivity contribution in [3.8, 4) is 0 Å². The molecule has 1 aromatic carbocycles. The number of amides is 2. The van der Waals surface area contributed by atoms with Crippen LogP contribution in [-0.2, 0) is 14.3 Å². The van der Waals surface area contributed by atoms with Crippen LogP contribution in [0.1, 0.15) is 33.1 Å². The second kappa shape index (κ2) is 10.9. The van der Waals surface area contributed by atoms with Crippen molar-refractivity contribution in [2.24, 2.45) is 0 Å². The maximum atomic E-state index is 13.9. The van der Waals surface area contributed by atoms with Gasteiger partial charge in [0, 0.05) is 52.2 Å². The standard InChI is InChI=1S/C20H30FN3O3/c1-16(2)27-15-5-10-22-19(25)8-9-20(26)24-13-11-23(12-14-24)18-7-4-3-6-17(18)21/h3-4,6-7,16H,5,8-15H2,1-2H3,(H,22,25). The first-order valence-electron chi connectivity index (χ1n) is 9.63. The van der Waals surface area contributed by atoms with E-state index >= 15 is 0 Å². The highest BCUT2D eigenvalue weighted by Crippen LogP contribution is 2.20. The van der Waals surface area contributed by atoms with Crippen molar-refractivity contribution in [3.05, 3.63) is 30.1 Å². The Hall–Kier alpha value is -2.15. The number of ether oxygens (including phenoxy) is 1. The molecule has 6 nitrogen and oxygen atoms in total. The van der Waals surface area contributed by atoms with Gasteiger partial charge in [0.2, 0.25) is 11.8 Å². The lowest BCUT2D eigenvalue weighted by Crippen LogP contribution is -2.49. The summed E-state index contributed by atoms with van der Waals surface area (Å²) in [5.41, 5.74) is 0.574. The maximum Gasteiger partial charge on any atom is 0.223 e. The summed E-state index contributed by atoms with van der Waals surface area (Å²) in [4.78, 5) is 27.8. The molecule has 150 valence electrons. The first kappa shape index (κ1) is 21.2. The van der Waals surface area contributed by atoms with Gasteiger partial charge in [0.25, 0.3) is 0 Å². The molecule has 1 N–H and O–H groups in total. The molecular weight excluding hydrogens is 349 g/mol. The van der Waals surface area contributed by atoms with E-state index in [9.17, 15) is 14.0 Å². The van der Waals surface area contributed by atoms with Crippen molar-refractivity contribution < 1.29 is 18.7 Å². The van der Waals surface area contributed by atoms with Crippen molar-refractivity contribution in [2.75, 3.05) is 44.2 Å². The van der Waals surface area contributed by atoms with Crippen LogP contribution in [0.5, 0.6) is 0 Å². The fourth-order valence-corrected chi connectivity index (χ4v) is 2.99. The van der Waals surface area contributed by atoms with Gasteiger partial charge in [-0.3, -0.25) is 9.59 Å². The van der Waals surface area contributed by atoms with E-state index in [2.05, 4.69) is 5.32 Å². The third-order valence-electron chi connectivity index (χ3n) is 4.49. The predicted octanol–water partition coefficient (Wildman–Crippen LogP) is 2.19. The van der Waals surface area contributed by atoms with Gasteiger partial charge in [-0.25, -0.2) is 4.39 Å². The summed E-state index contributed by atoms with van der Waals surface area (Å²) < 4.78 is 19.3. The highest BCUT2D eigenvalue weighted by atomic mass is 19.1. The van der Waals surface area contributed by atoms with Crippen molar-refractivity contribution >= 4 is 17.5 Å². The largest absolute Gasteiger partial charge is 0.379 e. The Labute approximate surface area is 160 Å². The number of hydrogen-bond donors (Lipinski definition) is 1. The topological polar surface area (TPSA) is 61.9 Å². The summed E-state index contributed by atoms with van der Waals surface area (Å²) in [6.07, 6.45) is 1.35. The molecule has 1 aliphatic heterocycles. The number of hydrogen-bond acceptors (Lipinski definition) is 4. The highest BCUT2D eigenvalue weighted by molar-refractivity contribution is 5.83. The maximum absolute atomic E-state index is 13.9. The van der Waals surface area contributed by atoms with Crippen molar-refractivity contribution in [1.29, 1.82) is 0 Å². The first-order valence-corrected chi connectivity index (χ1v) is 9.63. The van der Waals surface area contributed by atoms with E-state index < -0.39 is 0 Å². The van der Waals surface area contributed by atoms with Gasteiger partial charge in [-0.15, -0.1) is 0 Å². The first-order chi connectivity index (χ1) is 13.0. The molecule has 0 saturated carbocycles. The molecule has 0 radical (unpaired) electrons. The van der Waals surface area contributed by atoms with Crippen LogP contribution in [0.2, 0.25) is 0 Å². The summed E-state index contributed by atoms with van der Waals surface area (Å²) >= 11 is 0. The molecule has 1 saturated heterocycles. The summed E-state index contributed by atoms with van der Waals surface area (Å²) in [5, 5.41) is 2.81. The molecule has 0 bridgehead atoms. The molecule has 0 atom stereocenters. The van der Waals surface area contributed by atoms with Crippen molar-refractivity contribution in [1.82, 2.24) is 10.2 Å². The zero-order chi connectivity index (χ0) is 19.6. The molecule has 1 aromatic rings. The minimum absolute atomic E-state index is 0.0264. The van der Waals surface area contributed by atoms with E-state index in [1.165, 1.54) is 6.07 Å². The Morgan fingerprint density at radius 3 is 2.52 bits per heavy atom. The normalized spacial score (nSPS) is 14.5. The van der Waals surface area contributed by atoms with E-state index in [0.717, 1.165) is 6.42 Å². The number of piperazine rings is 1. The molecule has 0 aromatic heterocycles. The van der Waals surface area contributed by atoms with Crippen molar-refractivity contribution in [3.63, 3.8) is 0 Å². The molecule has 1 aliphatic rings. The van der Waals surface area contributed by atoms with Crippen LogP contribution in [0.25, 0.3) is 0 Å². The Kier molecular flexibility index (Phi) is 8.51. The molecule has 0 aliphatic carbocycles. The number of para-hydroxylation sites is 1. The third kappa shape index (κ3) is 7.17. The van der Waals surface area contributed by atoms with Crippen molar-refractivity contribution in [2.45, 2.75) is 39.2 Å². The number of benzene rings is 1. The van der Waals surface area contributed by atoms with Gasteiger partial charge >= 0.3 is 0 Å². The molecule has 2 rings (SSSR count). The number of carbonyl (C=O) groups excluding carboxylic acids is 2. The monoisotopic (exact) mass is 379 g/mol. The molecule has 0 spiro atoms. The average Bonchev–Trinajstić information content (AvgIpc) is 2.66. The fourth-order valence-electron chi connectivity index (χ4n) is 2.99. The average molecular weight is 379 g/mol. The number of rotatable bonds is 9. The predicted molar refractivity (Wildman–Crippen MR) is 103 cm³/mol. The lowest BCUT2D eigenvalue weighted by Gasteiger charge is -2.36. The molecular formula is C20H30FN3O3. The molecule has 1 fully saturated rings. The summed E-state index contributed by atoms with van der Waals surface area (Å²) in [6, 6.07) is 6.67. The molecule has 27 heavy (non-hydrogen) atoms. The molecule has 1 heterocycles. The second-order valence-corrected chi connectivity index (χ2v) is 6.94. The number of nitrogens with zero attached hydrogens (tertiary/aromatic N) is 2. The van der Waals surface area contributed by atoms with Crippen LogP contribution in [0.4, 0.5) is 10.1 Å². The van der Waals surface area contributed by atoms with Crippen LogP contribution in [0.15, 0.2) is 24.3 Å². The van der Waals surface area contributed by atoms with Gasteiger partial charge in [0.05, 0.1) is 11.8 Å². The van der Waals surface area contributed by atoms with Crippen LogP contribution in [-0.4, -0.2) is 62.1 Å². The van der Waals surface area contributed by atoms with Gasteiger partial charge in [-0.05, 0) is 32.4 Å². The van der Waals surface area contributed by atoms with Gasteiger partial charge < -0.3 is 19.9 Å². The number of carbonyl (C=O) groups is 2. The summed E-state index contributed by atoms with van der Waals surface area (Å²) in [5.74, 6) is -0.382. The summed E-state index contributed by atoms with van der Waals surface area (Å²) in [6.45, 7) is 7.39. The van der Waals surface area contributed by atoms with Gasteiger partial charge in [0.15, 0.2) is 0 Å². The molecule has 2 amide bonds. The number of anilines is 1. The lowest BCUT2D eigenvalue weighted by atomic mass is 10.2. The van der Waals surface area contributed by atoms with Crippen LogP contribution < -0.4 is 10.2 Å². The Morgan fingerprint density at radius 1 is 1.15 bits per heavy atom. The zero-order valence-electron chi connectivity index (χ0n) is 16.2. The minimum atomic E-state index is -0.243. The second-order valence-electron chi connectivity index (χ2n) is 6.94. The lowest BCUT2D eigenvalue weighted by molar-refractivity contribution is -0.133. The SMILES string of the molecule is CC(C)OCCCNC(=O)CCC(=O)N1CCN(c2ccccc2F)CC1. The Morgan fingerprint density at radius 2 is 1.85 bits per heavy atom. The quantitative estimate of drug-likeness (QED) is 0.668. The molecule has 0 unspecified atom stereocenters. The zero-order valence-corrected chi connectivity index (χ0v) is 16.2. The number of halogens is 1. The van der Waals surface area contributed by atoms with E-state index in [0.29, 0.717) is 45.0 Å². The Bertz CT molecular complexity index is 616. The highest BCUT2D eigenvalue weighted by Gasteiger charge is 2.22. The van der Waals surface area contributed by atoms with E-state index in [1.54, 1.807) is 17.0 Å². The Balaban J connectivity index is 1.63. The van der Waals surface area contributed by atoms with Gasteiger partial charge in [-0.1, -0.05) is 12.1 Å². The van der Waals surface area contributed by atoms with Crippen LogP contribution >= 0.6 is 0 Å². The smallest absolute Gasteiger partial charge is 0.223 e. The fraction of sp³-hybridized carbons (Fsp3) is 0.600. The summed E-state index contributed by atoms with van der Waals surface area (Å²) in [7, 11) is 0. The number of nitrogens with one attached hydrogen (secondary N) is 1. The van der Waals surface area contributed by atoms with Gasteiger partial charge in [0.1, 0.15) is 5.82 Å². The van der Waals surface area contributed by atoms with E-state index in [4.69, 9.17) is 4.74 Å². The van der Waals surface area contributed by atoms with Crippen LogP contribution in [0.3, 0.4) is 0 Å². The van der Waals surface area contributed by atoms with Crippen LogP contribution in [0, 0.1) is 5.82 Å². The third-order valence-corrected chi connectivity index (χ3v) is 4.49. The van der Waals surface area contributed by atoms with E-state index in [-0.39, 0.29) is 36.6 Å². The van der Waals surface area contributed by atoms with E-state index in [1.807, 2.05) is 24.8 Å². The molecule has 7 heteroatoms.